The molecule has 0 atom stereocenters. The first-order valence-corrected chi connectivity index (χ1v) is 6.10. The highest BCUT2D eigenvalue weighted by Gasteiger charge is 2.10. The molecule has 1 N–H and O–H groups in total. The number of rotatable bonds is 4. The Morgan fingerprint density at radius 3 is 2.67 bits per heavy atom. The van der Waals surface area contributed by atoms with Crippen LogP contribution in [0.25, 0.3) is 0 Å². The van der Waals surface area contributed by atoms with Crippen molar-refractivity contribution >= 4 is 33.2 Å². The summed E-state index contributed by atoms with van der Waals surface area (Å²) >= 11 is 9.42. The molecule has 0 radical (unpaired) electrons. The normalized spacial score (nSPS) is 10.5. The summed E-state index contributed by atoms with van der Waals surface area (Å²) in [5.41, 5.74) is 0.922. The van der Waals surface area contributed by atoms with E-state index >= 15 is 0 Å². The predicted octanol–water partition coefficient (Wildman–Crippen LogP) is 4.32. The first-order chi connectivity index (χ1) is 7.04. The Hall–Kier alpha value is -0.410. The summed E-state index contributed by atoms with van der Waals surface area (Å²) < 4.78 is 6.43. The molecular weight excluding hydrogens is 277 g/mol. The second-order valence-corrected chi connectivity index (χ2v) is 4.79. The Bertz CT molecular complexity index is 342. The lowest BCUT2D eigenvalue weighted by Gasteiger charge is -2.16. The summed E-state index contributed by atoms with van der Waals surface area (Å²) in [6.45, 7) is 6.74. The van der Waals surface area contributed by atoms with Gasteiger partial charge in [-0.15, -0.1) is 0 Å². The van der Waals surface area contributed by atoms with Crippen LogP contribution in [0.3, 0.4) is 0 Å². The molecule has 0 aromatic heterocycles. The molecule has 0 bridgehead atoms. The molecule has 0 amide bonds. The monoisotopic (exact) mass is 291 g/mol. The molecule has 1 aromatic rings. The third-order valence-corrected chi connectivity index (χ3v) is 2.55. The van der Waals surface area contributed by atoms with Crippen molar-refractivity contribution in [2.24, 2.45) is 0 Å². The highest BCUT2D eigenvalue weighted by Crippen LogP contribution is 2.36. The van der Waals surface area contributed by atoms with Gasteiger partial charge in [0.25, 0.3) is 0 Å². The van der Waals surface area contributed by atoms with Crippen LogP contribution in [-0.2, 0) is 0 Å². The summed E-state index contributed by atoms with van der Waals surface area (Å²) in [5, 5.41) is 3.99. The molecule has 0 aliphatic rings. The van der Waals surface area contributed by atoms with E-state index in [0.29, 0.717) is 17.7 Å². The summed E-state index contributed by atoms with van der Waals surface area (Å²) in [7, 11) is 0. The van der Waals surface area contributed by atoms with E-state index in [9.17, 15) is 0 Å². The smallest absolute Gasteiger partial charge is 0.156 e. The van der Waals surface area contributed by atoms with Gasteiger partial charge in [-0.05, 0) is 48.8 Å². The van der Waals surface area contributed by atoms with Crippen LogP contribution in [0.2, 0.25) is 5.02 Å². The zero-order chi connectivity index (χ0) is 11.4. The third kappa shape index (κ3) is 3.58. The fourth-order valence-corrected chi connectivity index (χ4v) is 2.19. The minimum atomic E-state index is 0.342. The van der Waals surface area contributed by atoms with Crippen LogP contribution in [0.4, 0.5) is 5.69 Å². The molecule has 0 saturated carbocycles. The maximum atomic E-state index is 5.98. The molecule has 0 spiro atoms. The molecule has 1 rings (SSSR count). The number of hydrogen-bond acceptors (Lipinski definition) is 2. The van der Waals surface area contributed by atoms with Gasteiger partial charge in [0, 0.05) is 11.1 Å². The van der Waals surface area contributed by atoms with Crippen LogP contribution in [0.1, 0.15) is 20.8 Å². The highest BCUT2D eigenvalue weighted by molar-refractivity contribution is 9.10. The summed E-state index contributed by atoms with van der Waals surface area (Å²) in [6, 6.07) is 4.05. The van der Waals surface area contributed by atoms with Crippen LogP contribution < -0.4 is 10.1 Å². The maximum absolute atomic E-state index is 5.98. The number of benzene rings is 1. The molecule has 0 heterocycles. The van der Waals surface area contributed by atoms with Crippen LogP contribution in [0, 0.1) is 0 Å². The van der Waals surface area contributed by atoms with Gasteiger partial charge < -0.3 is 10.1 Å². The van der Waals surface area contributed by atoms with E-state index in [1.165, 1.54) is 0 Å². The van der Waals surface area contributed by atoms with Gasteiger partial charge in [-0.1, -0.05) is 11.6 Å². The van der Waals surface area contributed by atoms with Gasteiger partial charge in [-0.2, -0.15) is 0 Å². The van der Waals surface area contributed by atoms with Gasteiger partial charge in [0.15, 0.2) is 5.75 Å². The lowest BCUT2D eigenvalue weighted by atomic mass is 10.2. The van der Waals surface area contributed by atoms with Crippen LogP contribution in [-0.4, -0.2) is 12.6 Å². The van der Waals surface area contributed by atoms with Gasteiger partial charge in [-0.25, -0.2) is 0 Å². The van der Waals surface area contributed by atoms with Crippen molar-refractivity contribution in [3.63, 3.8) is 0 Å². The van der Waals surface area contributed by atoms with Crippen molar-refractivity contribution in [3.05, 3.63) is 21.6 Å². The first kappa shape index (κ1) is 12.7. The standard InChI is InChI=1S/C11H15BrClNO/c1-4-15-11-9(12)5-8(13)6-10(11)14-7(2)3/h5-7,14H,4H2,1-3H3. The third-order valence-electron chi connectivity index (χ3n) is 1.74. The second kappa shape index (κ2) is 5.61. The molecule has 0 aliphatic carbocycles. The lowest BCUT2D eigenvalue weighted by Crippen LogP contribution is -2.11. The molecule has 0 aliphatic heterocycles. The zero-order valence-corrected chi connectivity index (χ0v) is 11.4. The molecule has 84 valence electrons. The molecule has 0 unspecified atom stereocenters. The Kier molecular flexibility index (Phi) is 4.74. The number of ether oxygens (including phenoxy) is 1. The van der Waals surface area contributed by atoms with Crippen molar-refractivity contribution in [1.29, 1.82) is 0 Å². The average Bonchev–Trinajstić information content (AvgIpc) is 2.10. The number of hydrogen-bond donors (Lipinski definition) is 1. The quantitative estimate of drug-likeness (QED) is 0.892. The predicted molar refractivity (Wildman–Crippen MR) is 69.1 cm³/mol. The van der Waals surface area contributed by atoms with Gasteiger partial charge in [0.2, 0.25) is 0 Å². The Morgan fingerprint density at radius 2 is 2.13 bits per heavy atom. The van der Waals surface area contributed by atoms with Crippen molar-refractivity contribution < 1.29 is 4.74 Å². The van der Waals surface area contributed by atoms with Crippen molar-refractivity contribution in [1.82, 2.24) is 0 Å². The molecule has 0 saturated heterocycles. The lowest BCUT2D eigenvalue weighted by molar-refractivity contribution is 0.339. The zero-order valence-electron chi connectivity index (χ0n) is 9.10. The Labute approximate surface area is 104 Å². The summed E-state index contributed by atoms with van der Waals surface area (Å²) in [5.74, 6) is 0.815. The van der Waals surface area contributed by atoms with Crippen molar-refractivity contribution in [2.75, 3.05) is 11.9 Å². The van der Waals surface area contributed by atoms with E-state index in [-0.39, 0.29) is 0 Å². The number of halogens is 2. The first-order valence-electron chi connectivity index (χ1n) is 4.93. The highest BCUT2D eigenvalue weighted by atomic mass is 79.9. The van der Waals surface area contributed by atoms with Gasteiger partial charge in [-0.3, -0.25) is 0 Å². The van der Waals surface area contributed by atoms with Crippen LogP contribution >= 0.6 is 27.5 Å². The van der Waals surface area contributed by atoms with Gasteiger partial charge in [0.1, 0.15) is 0 Å². The van der Waals surface area contributed by atoms with Gasteiger partial charge >= 0.3 is 0 Å². The Morgan fingerprint density at radius 1 is 1.47 bits per heavy atom. The van der Waals surface area contributed by atoms with Crippen LogP contribution in [0.15, 0.2) is 16.6 Å². The number of nitrogens with one attached hydrogen (secondary N) is 1. The minimum Gasteiger partial charge on any atom is -0.491 e. The molecule has 4 heteroatoms. The molecule has 2 nitrogen and oxygen atoms in total. The largest absolute Gasteiger partial charge is 0.491 e. The van der Waals surface area contributed by atoms with Crippen molar-refractivity contribution in [3.8, 4) is 5.75 Å². The second-order valence-electron chi connectivity index (χ2n) is 3.50. The summed E-state index contributed by atoms with van der Waals surface area (Å²) in [6.07, 6.45) is 0. The maximum Gasteiger partial charge on any atom is 0.156 e. The summed E-state index contributed by atoms with van der Waals surface area (Å²) in [4.78, 5) is 0. The van der Waals surface area contributed by atoms with E-state index in [4.69, 9.17) is 16.3 Å². The molecule has 15 heavy (non-hydrogen) atoms. The van der Waals surface area contributed by atoms with E-state index in [1.54, 1.807) is 0 Å². The average molecular weight is 293 g/mol. The van der Waals surface area contributed by atoms with E-state index in [2.05, 4.69) is 35.1 Å². The SMILES string of the molecule is CCOc1c(Br)cc(Cl)cc1NC(C)C. The van der Waals surface area contributed by atoms with Gasteiger partial charge in [0.05, 0.1) is 16.8 Å². The molecular formula is C11H15BrClNO. The molecule has 1 aromatic carbocycles. The van der Waals surface area contributed by atoms with Crippen LogP contribution in [0.5, 0.6) is 5.75 Å². The van der Waals surface area contributed by atoms with E-state index < -0.39 is 0 Å². The van der Waals surface area contributed by atoms with E-state index in [1.807, 2.05) is 19.1 Å². The van der Waals surface area contributed by atoms with E-state index in [0.717, 1.165) is 15.9 Å². The molecule has 0 fully saturated rings. The fraction of sp³-hybridized carbons (Fsp3) is 0.455. The van der Waals surface area contributed by atoms with Crippen molar-refractivity contribution in [2.45, 2.75) is 26.8 Å². The topological polar surface area (TPSA) is 21.3 Å². The Balaban J connectivity index is 3.08. The fourth-order valence-electron chi connectivity index (χ4n) is 1.27. The minimum absolute atomic E-state index is 0.342. The number of anilines is 1.